The molecule has 2 aliphatic heterocycles. The van der Waals surface area contributed by atoms with Gasteiger partial charge < -0.3 is 20.4 Å². The molecule has 2 amide bonds. The summed E-state index contributed by atoms with van der Waals surface area (Å²) in [5, 5.41) is 6.88. The molecule has 3 rings (SSSR count). The predicted molar refractivity (Wildman–Crippen MR) is 110 cm³/mol. The summed E-state index contributed by atoms with van der Waals surface area (Å²) in [4.78, 5) is 34.5. The number of guanidine groups is 1. The Hall–Kier alpha value is -1.83. The van der Waals surface area contributed by atoms with E-state index in [1.165, 1.54) is 6.42 Å². The Morgan fingerprint density at radius 2 is 1.64 bits per heavy atom. The van der Waals surface area contributed by atoms with Crippen LogP contribution in [0.15, 0.2) is 4.99 Å². The molecule has 2 heterocycles. The molecule has 3 fully saturated rings. The minimum absolute atomic E-state index is 0.162. The standard InChI is InChI=1S/C20H36N6O2/c1-16(27)25-9-6-18(7-10-25)23-20(21-2)22-8-11-24-12-14-26(15-13-24)19(28)17-4-3-5-17/h17-18H,3-15H2,1-2H3,(H2,21,22,23). The van der Waals surface area contributed by atoms with Crippen molar-refractivity contribution < 1.29 is 9.59 Å². The lowest BCUT2D eigenvalue weighted by molar-refractivity contribution is -0.140. The number of piperidine rings is 1. The van der Waals surface area contributed by atoms with Crippen LogP contribution in [0.3, 0.4) is 0 Å². The van der Waals surface area contributed by atoms with Gasteiger partial charge in [0.2, 0.25) is 11.8 Å². The number of rotatable bonds is 5. The molecule has 0 aromatic rings. The van der Waals surface area contributed by atoms with Gasteiger partial charge in [0.05, 0.1) is 0 Å². The summed E-state index contributed by atoms with van der Waals surface area (Å²) in [5.41, 5.74) is 0. The van der Waals surface area contributed by atoms with Crippen LogP contribution < -0.4 is 10.6 Å². The highest BCUT2D eigenvalue weighted by molar-refractivity contribution is 5.80. The number of amides is 2. The molecule has 2 saturated heterocycles. The maximum absolute atomic E-state index is 12.3. The van der Waals surface area contributed by atoms with E-state index in [-0.39, 0.29) is 5.91 Å². The van der Waals surface area contributed by atoms with Gasteiger partial charge in [-0.3, -0.25) is 19.5 Å². The lowest BCUT2D eigenvalue weighted by atomic mass is 9.84. The van der Waals surface area contributed by atoms with Crippen molar-refractivity contribution >= 4 is 17.8 Å². The summed E-state index contributed by atoms with van der Waals surface area (Å²) in [6.07, 6.45) is 5.30. The van der Waals surface area contributed by atoms with Gasteiger partial charge in [0.15, 0.2) is 5.96 Å². The molecular formula is C20H36N6O2. The number of hydrogen-bond donors (Lipinski definition) is 2. The highest BCUT2D eigenvalue weighted by Gasteiger charge is 2.31. The summed E-state index contributed by atoms with van der Waals surface area (Å²) >= 11 is 0. The predicted octanol–water partition coefficient (Wildman–Crippen LogP) is 0.107. The number of hydrogen-bond acceptors (Lipinski definition) is 4. The first-order valence-corrected chi connectivity index (χ1v) is 10.8. The summed E-state index contributed by atoms with van der Waals surface area (Å²) < 4.78 is 0. The number of carbonyl (C=O) groups is 2. The van der Waals surface area contributed by atoms with E-state index in [1.807, 2.05) is 4.90 Å². The quantitative estimate of drug-likeness (QED) is 0.513. The number of nitrogens with zero attached hydrogens (tertiary/aromatic N) is 4. The first-order valence-electron chi connectivity index (χ1n) is 10.8. The Bertz CT molecular complexity index is 561. The van der Waals surface area contributed by atoms with Crippen molar-refractivity contribution in [1.29, 1.82) is 0 Å². The molecule has 0 aromatic carbocycles. The number of likely N-dealkylation sites (tertiary alicyclic amines) is 1. The highest BCUT2D eigenvalue weighted by Crippen LogP contribution is 2.28. The van der Waals surface area contributed by atoms with Crippen molar-refractivity contribution in [1.82, 2.24) is 25.3 Å². The van der Waals surface area contributed by atoms with Crippen molar-refractivity contribution in [2.75, 3.05) is 59.4 Å². The number of aliphatic imine (C=N–C) groups is 1. The molecule has 2 N–H and O–H groups in total. The Labute approximate surface area is 168 Å². The largest absolute Gasteiger partial charge is 0.355 e. The molecule has 28 heavy (non-hydrogen) atoms. The van der Waals surface area contributed by atoms with Crippen molar-refractivity contribution in [3.05, 3.63) is 0 Å². The molecule has 1 aliphatic carbocycles. The van der Waals surface area contributed by atoms with Crippen LogP contribution >= 0.6 is 0 Å². The lowest BCUT2D eigenvalue weighted by Crippen LogP contribution is -2.53. The Balaban J connectivity index is 1.30. The molecule has 0 radical (unpaired) electrons. The zero-order chi connectivity index (χ0) is 19.9. The smallest absolute Gasteiger partial charge is 0.225 e. The molecule has 8 nitrogen and oxygen atoms in total. The fourth-order valence-corrected chi connectivity index (χ4v) is 4.16. The summed E-state index contributed by atoms with van der Waals surface area (Å²) in [7, 11) is 1.80. The van der Waals surface area contributed by atoms with Crippen LogP contribution in [0.4, 0.5) is 0 Å². The molecule has 8 heteroatoms. The van der Waals surface area contributed by atoms with Crippen molar-refractivity contribution in [3.8, 4) is 0 Å². The topological polar surface area (TPSA) is 80.3 Å². The van der Waals surface area contributed by atoms with E-state index in [2.05, 4.69) is 25.4 Å². The zero-order valence-electron chi connectivity index (χ0n) is 17.5. The molecule has 158 valence electrons. The van der Waals surface area contributed by atoms with Gasteiger partial charge in [-0.1, -0.05) is 6.42 Å². The van der Waals surface area contributed by atoms with Crippen molar-refractivity contribution in [3.63, 3.8) is 0 Å². The third-order valence-electron chi connectivity index (χ3n) is 6.36. The third kappa shape index (κ3) is 5.59. The minimum Gasteiger partial charge on any atom is -0.355 e. The lowest BCUT2D eigenvalue weighted by Gasteiger charge is -2.38. The van der Waals surface area contributed by atoms with Gasteiger partial charge in [-0.25, -0.2) is 0 Å². The Morgan fingerprint density at radius 3 is 2.18 bits per heavy atom. The van der Waals surface area contributed by atoms with Crippen molar-refractivity contribution in [2.45, 2.75) is 45.1 Å². The van der Waals surface area contributed by atoms with Gasteiger partial charge in [-0.05, 0) is 25.7 Å². The maximum Gasteiger partial charge on any atom is 0.225 e. The van der Waals surface area contributed by atoms with Gasteiger partial charge in [0.1, 0.15) is 0 Å². The number of piperazine rings is 1. The third-order valence-corrected chi connectivity index (χ3v) is 6.36. The van der Waals surface area contributed by atoms with Gasteiger partial charge in [0.25, 0.3) is 0 Å². The van der Waals surface area contributed by atoms with Crippen LogP contribution in [-0.4, -0.2) is 97.9 Å². The Morgan fingerprint density at radius 1 is 0.964 bits per heavy atom. The summed E-state index contributed by atoms with van der Waals surface area (Å²) in [6.45, 7) is 8.68. The molecule has 3 aliphatic rings. The van der Waals surface area contributed by atoms with E-state index in [0.29, 0.717) is 17.9 Å². The zero-order valence-corrected chi connectivity index (χ0v) is 17.5. The first kappa shape index (κ1) is 20.9. The first-order chi connectivity index (χ1) is 13.6. The monoisotopic (exact) mass is 392 g/mol. The second-order valence-electron chi connectivity index (χ2n) is 8.22. The second kappa shape index (κ2) is 10.1. The highest BCUT2D eigenvalue weighted by atomic mass is 16.2. The average molecular weight is 393 g/mol. The fourth-order valence-electron chi connectivity index (χ4n) is 4.16. The van der Waals surface area contributed by atoms with Gasteiger partial charge >= 0.3 is 0 Å². The summed E-state index contributed by atoms with van der Waals surface area (Å²) in [6, 6.07) is 0.364. The molecule has 0 atom stereocenters. The molecule has 1 saturated carbocycles. The number of carbonyl (C=O) groups excluding carboxylic acids is 2. The normalized spacial score (nSPS) is 22.7. The minimum atomic E-state index is 0.162. The van der Waals surface area contributed by atoms with Crippen LogP contribution in [0.5, 0.6) is 0 Å². The second-order valence-corrected chi connectivity index (χ2v) is 8.22. The Kier molecular flexibility index (Phi) is 7.53. The van der Waals surface area contributed by atoms with Gasteiger partial charge in [0, 0.05) is 78.3 Å². The van der Waals surface area contributed by atoms with E-state index in [1.54, 1.807) is 14.0 Å². The maximum atomic E-state index is 12.3. The summed E-state index contributed by atoms with van der Waals surface area (Å²) in [5.74, 6) is 1.69. The van der Waals surface area contributed by atoms with Crippen LogP contribution in [-0.2, 0) is 9.59 Å². The van der Waals surface area contributed by atoms with E-state index < -0.39 is 0 Å². The van der Waals surface area contributed by atoms with Crippen LogP contribution in [0.1, 0.15) is 39.0 Å². The average Bonchev–Trinajstić information content (AvgIpc) is 2.66. The molecule has 0 bridgehead atoms. The molecule has 0 spiro atoms. The fraction of sp³-hybridized carbons (Fsp3) is 0.850. The van der Waals surface area contributed by atoms with E-state index in [4.69, 9.17) is 0 Å². The molecule has 0 aromatic heterocycles. The SMILES string of the molecule is CN=C(NCCN1CCN(C(=O)C2CCC2)CC1)NC1CCN(C(C)=O)CC1. The van der Waals surface area contributed by atoms with Crippen LogP contribution in [0.2, 0.25) is 0 Å². The van der Waals surface area contributed by atoms with Crippen LogP contribution in [0, 0.1) is 5.92 Å². The van der Waals surface area contributed by atoms with Gasteiger partial charge in [-0.15, -0.1) is 0 Å². The van der Waals surface area contributed by atoms with E-state index in [9.17, 15) is 9.59 Å². The van der Waals surface area contributed by atoms with E-state index in [0.717, 1.165) is 84.0 Å². The molecule has 0 unspecified atom stereocenters. The number of nitrogens with one attached hydrogen (secondary N) is 2. The van der Waals surface area contributed by atoms with Gasteiger partial charge in [-0.2, -0.15) is 0 Å². The van der Waals surface area contributed by atoms with Crippen LogP contribution in [0.25, 0.3) is 0 Å². The van der Waals surface area contributed by atoms with Crippen molar-refractivity contribution in [2.24, 2.45) is 10.9 Å². The van der Waals surface area contributed by atoms with E-state index >= 15 is 0 Å². The molecular weight excluding hydrogens is 356 g/mol.